The maximum atomic E-state index is 12.2. The topological polar surface area (TPSA) is 185 Å². The van der Waals surface area contributed by atoms with Gasteiger partial charge in [0, 0.05) is 125 Å². The van der Waals surface area contributed by atoms with Crippen LogP contribution in [-0.4, -0.2) is 54.4 Å². The van der Waals surface area contributed by atoms with Gasteiger partial charge in [0.15, 0.2) is 24.5 Å². The first-order valence-corrected chi connectivity index (χ1v) is 28.9. The fraction of sp³-hybridized carbons (Fsp3) is 0.355. The Bertz CT molecular complexity index is 3580. The number of fused-ring (bicyclic) bond motifs is 6. The molecule has 0 radical (unpaired) electrons. The van der Waals surface area contributed by atoms with E-state index in [2.05, 4.69) is 139 Å². The van der Waals surface area contributed by atoms with E-state index in [4.69, 9.17) is 0 Å². The maximum absolute atomic E-state index is 12.2. The standard InChI is InChI=1S/C62H62Br2N8O8/c1-59(2)43-31-41(69(73)74)23-25-49(43)67(55(59)15-13-17-57-61(27-9-7-10-28-61)45-33-47(63)54(72(79)80)36-52(45)66(57)6)37-39-19-21-40(22-20-39)38-68-50-26-24-42(70(75)76)32-44(50)60(3,4)56(68)16-14-18-58-62(29-11-8-12-30-62)46-34-53(71(77)78)48(64)35-51(46)65(58)5/h13-26,31-36H,7-12,27-30,37-38H2,1-6H3/q+2. The third kappa shape index (κ3) is 8.84. The summed E-state index contributed by atoms with van der Waals surface area (Å²) in [6, 6.07) is 25.9. The van der Waals surface area contributed by atoms with E-state index in [1.807, 2.05) is 38.4 Å². The Morgan fingerprint density at radius 2 is 0.887 bits per heavy atom. The zero-order chi connectivity index (χ0) is 56.8. The van der Waals surface area contributed by atoms with Gasteiger partial charge in [-0.3, -0.25) is 40.5 Å². The van der Waals surface area contributed by atoms with Crippen molar-refractivity contribution in [3.05, 3.63) is 216 Å². The Hall–Kier alpha value is -7.44. The predicted molar refractivity (Wildman–Crippen MR) is 318 cm³/mol. The molecule has 0 amide bonds. The van der Waals surface area contributed by atoms with Crippen molar-refractivity contribution in [1.82, 2.24) is 0 Å². The monoisotopic (exact) mass is 1200 g/mol. The number of anilines is 2. The lowest BCUT2D eigenvalue weighted by Gasteiger charge is -2.36. The summed E-state index contributed by atoms with van der Waals surface area (Å²) >= 11 is 6.98. The van der Waals surface area contributed by atoms with E-state index in [-0.39, 0.29) is 53.3 Å². The molecule has 0 N–H and O–H groups in total. The molecule has 410 valence electrons. The molecule has 4 aliphatic heterocycles. The molecule has 2 aliphatic carbocycles. The van der Waals surface area contributed by atoms with Gasteiger partial charge in [0.2, 0.25) is 11.4 Å². The number of rotatable bonds is 12. The first-order chi connectivity index (χ1) is 38.1. The van der Waals surface area contributed by atoms with E-state index in [1.165, 1.54) is 0 Å². The van der Waals surface area contributed by atoms with Gasteiger partial charge in [-0.25, -0.2) is 0 Å². The van der Waals surface area contributed by atoms with Crippen LogP contribution in [0.4, 0.5) is 45.5 Å². The smallest absolute Gasteiger partial charge is 0.285 e. The van der Waals surface area contributed by atoms with E-state index >= 15 is 0 Å². The molecule has 0 atom stereocenters. The average Bonchev–Trinajstić information content (AvgIpc) is 4.14. The van der Waals surface area contributed by atoms with Gasteiger partial charge >= 0.3 is 0 Å². The number of hydrogen-bond acceptors (Lipinski definition) is 10. The molecule has 0 bridgehead atoms. The normalized spacial score (nSPS) is 20.2. The summed E-state index contributed by atoms with van der Waals surface area (Å²) in [6.45, 7) is 9.32. The minimum absolute atomic E-state index is 0.0218. The lowest BCUT2D eigenvalue weighted by molar-refractivity contribution is -0.456. The molecule has 0 aromatic heterocycles. The Morgan fingerprint density at radius 3 is 1.30 bits per heavy atom. The largest absolute Gasteiger partial charge is 0.347 e. The van der Waals surface area contributed by atoms with Gasteiger partial charge in [-0.15, -0.1) is 0 Å². The number of halogens is 2. The zero-order valence-electron chi connectivity index (χ0n) is 45.6. The molecule has 2 spiro atoms. The van der Waals surface area contributed by atoms with E-state index < -0.39 is 10.8 Å². The van der Waals surface area contributed by atoms with Gasteiger partial charge in [0.05, 0.1) is 45.2 Å². The highest BCUT2D eigenvalue weighted by Gasteiger charge is 2.51. The minimum atomic E-state index is -0.623. The van der Waals surface area contributed by atoms with Crippen LogP contribution in [-0.2, 0) is 34.7 Å². The minimum Gasteiger partial charge on any atom is -0.347 e. The Kier molecular flexibility index (Phi) is 13.8. The summed E-state index contributed by atoms with van der Waals surface area (Å²) in [5, 5.41) is 48.6. The van der Waals surface area contributed by atoms with Crippen molar-refractivity contribution in [2.24, 2.45) is 0 Å². The first kappa shape index (κ1) is 54.5. The summed E-state index contributed by atoms with van der Waals surface area (Å²) in [6.07, 6.45) is 22.6. The van der Waals surface area contributed by atoms with Crippen LogP contribution < -0.4 is 9.80 Å². The Morgan fingerprint density at radius 1 is 0.500 bits per heavy atom. The van der Waals surface area contributed by atoms with E-state index in [9.17, 15) is 40.5 Å². The van der Waals surface area contributed by atoms with Crippen molar-refractivity contribution in [2.75, 3.05) is 23.9 Å². The lowest BCUT2D eigenvalue weighted by atomic mass is 9.68. The van der Waals surface area contributed by atoms with Crippen LogP contribution in [0.25, 0.3) is 0 Å². The molecular weight excluding hydrogens is 1140 g/mol. The van der Waals surface area contributed by atoms with Crippen molar-refractivity contribution >= 4 is 88.8 Å². The number of non-ortho nitro benzene ring substituents is 2. The number of hydrogen-bond donors (Lipinski definition) is 0. The Labute approximate surface area is 481 Å². The van der Waals surface area contributed by atoms with Crippen LogP contribution in [0.3, 0.4) is 0 Å². The second kappa shape index (κ2) is 20.3. The number of nitro groups is 4. The molecule has 0 saturated heterocycles. The second-order valence-electron chi connectivity index (χ2n) is 23.3. The molecule has 16 nitrogen and oxygen atoms in total. The van der Waals surface area contributed by atoms with Crippen LogP contribution in [0.2, 0.25) is 0 Å². The van der Waals surface area contributed by atoms with Crippen LogP contribution in [0.1, 0.15) is 125 Å². The molecule has 80 heavy (non-hydrogen) atoms. The van der Waals surface area contributed by atoms with E-state index in [1.54, 1.807) is 36.4 Å². The molecule has 2 saturated carbocycles. The molecule has 18 heteroatoms. The molecule has 11 rings (SSSR count). The van der Waals surface area contributed by atoms with Crippen molar-refractivity contribution in [3.8, 4) is 0 Å². The van der Waals surface area contributed by atoms with Gasteiger partial charge < -0.3 is 9.80 Å². The number of nitrogens with zero attached hydrogens (tertiary/aromatic N) is 8. The Balaban J connectivity index is 0.943. The lowest BCUT2D eigenvalue weighted by Crippen LogP contribution is -2.32. The first-order valence-electron chi connectivity index (χ1n) is 27.3. The van der Waals surface area contributed by atoms with Crippen LogP contribution in [0, 0.1) is 40.5 Å². The van der Waals surface area contributed by atoms with Crippen molar-refractivity contribution in [2.45, 2.75) is 127 Å². The molecule has 0 unspecified atom stereocenters. The van der Waals surface area contributed by atoms with Crippen LogP contribution in [0.5, 0.6) is 0 Å². The average molecular weight is 1210 g/mol. The molecule has 5 aromatic carbocycles. The number of allylic oxidation sites excluding steroid dienone is 8. The second-order valence-corrected chi connectivity index (χ2v) is 25.0. The van der Waals surface area contributed by atoms with Gasteiger partial charge in [-0.2, -0.15) is 9.15 Å². The highest BCUT2D eigenvalue weighted by atomic mass is 79.9. The summed E-state index contributed by atoms with van der Waals surface area (Å²) < 4.78 is 5.39. The van der Waals surface area contributed by atoms with E-state index in [0.717, 1.165) is 143 Å². The molecular formula is C62H62Br2N8O8+2. The van der Waals surface area contributed by atoms with Gasteiger partial charge in [-0.05, 0) is 121 Å². The maximum Gasteiger partial charge on any atom is 0.285 e. The van der Waals surface area contributed by atoms with E-state index in [0.29, 0.717) is 22.0 Å². The van der Waals surface area contributed by atoms with Crippen LogP contribution >= 0.6 is 31.9 Å². The molecule has 4 heterocycles. The van der Waals surface area contributed by atoms with Gasteiger partial charge in [0.25, 0.3) is 22.7 Å². The van der Waals surface area contributed by atoms with Gasteiger partial charge in [-0.1, -0.05) is 74.9 Å². The fourth-order valence-corrected chi connectivity index (χ4v) is 15.2. The summed E-state index contributed by atoms with van der Waals surface area (Å²) in [5.74, 6) is 0. The van der Waals surface area contributed by atoms with Gasteiger partial charge in [0.1, 0.15) is 0 Å². The zero-order valence-corrected chi connectivity index (χ0v) is 48.8. The molecule has 5 aromatic rings. The summed E-state index contributed by atoms with van der Waals surface area (Å²) in [4.78, 5) is 51.4. The predicted octanol–water partition coefficient (Wildman–Crippen LogP) is 15.6. The third-order valence-corrected chi connectivity index (χ3v) is 19.6. The third-order valence-electron chi connectivity index (χ3n) is 18.3. The quantitative estimate of drug-likeness (QED) is 0.0661. The molecule has 6 aliphatic rings. The van der Waals surface area contributed by atoms with Crippen molar-refractivity contribution in [3.63, 3.8) is 0 Å². The van der Waals surface area contributed by atoms with Crippen LogP contribution in [0.15, 0.2) is 142 Å². The highest BCUT2D eigenvalue weighted by Crippen LogP contribution is 2.58. The molecule has 2 fully saturated rings. The highest BCUT2D eigenvalue weighted by molar-refractivity contribution is 9.11. The summed E-state index contributed by atoms with van der Waals surface area (Å²) in [5.41, 5.74) is 11.7. The number of benzene rings is 5. The van der Waals surface area contributed by atoms with Crippen molar-refractivity contribution < 1.29 is 28.8 Å². The number of likely N-dealkylation sites (N-methyl/N-ethyl adjacent to an activating group) is 2. The summed E-state index contributed by atoms with van der Waals surface area (Å²) in [7, 11) is 4.01. The van der Waals surface area contributed by atoms with Crippen molar-refractivity contribution in [1.29, 1.82) is 0 Å². The number of nitro benzene ring substituents is 4. The fourth-order valence-electron chi connectivity index (χ4n) is 14.3. The SMILES string of the molecule is CN1/C(=C/C=C/C2=[N+](Cc3ccc(C[N+]4=C(/C=C/C=C5/N(C)c6cc(Br)c([N+](=O)[O-])cc6C56CCCCC6)C(C)(C)c5cc([N+](=O)[O-])ccc54)cc3)c3ccc([N+](=O)[O-])cc3C2(C)C)C2(CCCCC2)c2cc(Br)c([N+](=O)[O-])cc21.